The first-order valence-corrected chi connectivity index (χ1v) is 4.47. The second-order valence-electron chi connectivity index (χ2n) is 2.31. The van der Waals surface area contributed by atoms with Gasteiger partial charge in [-0.3, -0.25) is 10.1 Å². The molecule has 1 aromatic carbocycles. The molecule has 0 atom stereocenters. The number of halogens is 1. The fourth-order valence-corrected chi connectivity index (χ4v) is 1.31. The van der Waals surface area contributed by atoms with Crippen LogP contribution in [0, 0.1) is 13.7 Å². The Morgan fingerprint density at radius 1 is 1.54 bits per heavy atom. The van der Waals surface area contributed by atoms with E-state index in [1.54, 1.807) is 12.1 Å². The van der Waals surface area contributed by atoms with Gasteiger partial charge in [-0.15, -0.1) is 0 Å². The van der Waals surface area contributed by atoms with Crippen molar-refractivity contribution in [1.29, 1.82) is 0 Å². The molecule has 0 spiro atoms. The van der Waals surface area contributed by atoms with Crippen molar-refractivity contribution in [2.75, 3.05) is 0 Å². The highest BCUT2D eigenvalue weighted by molar-refractivity contribution is 14.1. The van der Waals surface area contributed by atoms with Gasteiger partial charge in [0.05, 0.1) is 8.49 Å². The molecule has 0 saturated carbocycles. The van der Waals surface area contributed by atoms with Crippen LogP contribution in [0.25, 0.3) is 6.08 Å². The number of rotatable bonds is 2. The van der Waals surface area contributed by atoms with Crippen molar-refractivity contribution in [2.45, 2.75) is 0 Å². The number of benzene rings is 1. The molecular formula is C8H6INO3. The molecule has 0 aliphatic rings. The normalized spacial score (nSPS) is 10.5. The molecule has 0 bridgehead atoms. The van der Waals surface area contributed by atoms with Crippen LogP contribution in [0.15, 0.2) is 24.4 Å². The van der Waals surface area contributed by atoms with Crippen LogP contribution in [0.2, 0.25) is 0 Å². The number of phenols is 1. The van der Waals surface area contributed by atoms with Crippen molar-refractivity contribution < 1.29 is 10.0 Å². The zero-order valence-corrected chi connectivity index (χ0v) is 8.63. The van der Waals surface area contributed by atoms with Crippen LogP contribution in [0.5, 0.6) is 5.75 Å². The van der Waals surface area contributed by atoms with Gasteiger partial charge >= 0.3 is 0 Å². The molecule has 4 nitrogen and oxygen atoms in total. The van der Waals surface area contributed by atoms with Crippen molar-refractivity contribution >= 4 is 28.7 Å². The second-order valence-corrected chi connectivity index (χ2v) is 3.47. The minimum Gasteiger partial charge on any atom is -0.507 e. The summed E-state index contributed by atoms with van der Waals surface area (Å²) in [4.78, 5) is 9.46. The monoisotopic (exact) mass is 291 g/mol. The SMILES string of the molecule is O=[N+]([O-])/C=C\c1ccc(O)c(I)c1. The van der Waals surface area contributed by atoms with E-state index in [0.29, 0.717) is 9.13 Å². The quantitative estimate of drug-likeness (QED) is 0.516. The van der Waals surface area contributed by atoms with Crippen LogP contribution in [-0.2, 0) is 0 Å². The van der Waals surface area contributed by atoms with Gasteiger partial charge in [0, 0.05) is 6.08 Å². The van der Waals surface area contributed by atoms with E-state index in [2.05, 4.69) is 0 Å². The molecule has 0 heterocycles. The van der Waals surface area contributed by atoms with Gasteiger partial charge < -0.3 is 5.11 Å². The summed E-state index contributed by atoms with van der Waals surface area (Å²) in [5.41, 5.74) is 0.693. The molecule has 1 rings (SSSR count). The molecule has 0 fully saturated rings. The zero-order chi connectivity index (χ0) is 9.84. The number of hydrogen-bond acceptors (Lipinski definition) is 3. The van der Waals surface area contributed by atoms with Crippen LogP contribution < -0.4 is 0 Å². The lowest BCUT2D eigenvalue weighted by Crippen LogP contribution is -1.83. The van der Waals surface area contributed by atoms with Crippen LogP contribution in [-0.4, -0.2) is 10.0 Å². The van der Waals surface area contributed by atoms with E-state index < -0.39 is 4.92 Å². The smallest absolute Gasteiger partial charge is 0.235 e. The van der Waals surface area contributed by atoms with Crippen LogP contribution in [0.4, 0.5) is 0 Å². The summed E-state index contributed by atoms with van der Waals surface area (Å²) in [6.45, 7) is 0. The number of nitrogens with zero attached hydrogens (tertiary/aromatic N) is 1. The summed E-state index contributed by atoms with van der Waals surface area (Å²) in [7, 11) is 0. The molecule has 68 valence electrons. The van der Waals surface area contributed by atoms with Gasteiger partial charge in [0.25, 0.3) is 0 Å². The van der Waals surface area contributed by atoms with Crippen molar-refractivity contribution in [3.8, 4) is 5.75 Å². The van der Waals surface area contributed by atoms with Gasteiger partial charge in [-0.2, -0.15) is 0 Å². The average Bonchev–Trinajstić information content (AvgIpc) is 2.07. The van der Waals surface area contributed by atoms with E-state index in [9.17, 15) is 10.1 Å². The molecule has 0 aliphatic heterocycles. The van der Waals surface area contributed by atoms with Crippen molar-refractivity contribution in [2.24, 2.45) is 0 Å². The van der Waals surface area contributed by atoms with Crippen LogP contribution in [0.3, 0.4) is 0 Å². The predicted molar refractivity (Wildman–Crippen MR) is 56.9 cm³/mol. The number of nitro groups is 1. The number of phenolic OH excluding ortho intramolecular Hbond substituents is 1. The van der Waals surface area contributed by atoms with Gasteiger partial charge in [0.15, 0.2) is 0 Å². The number of aromatic hydroxyl groups is 1. The Hall–Kier alpha value is -1.11. The summed E-state index contributed by atoms with van der Waals surface area (Å²) < 4.78 is 0.670. The Morgan fingerprint density at radius 2 is 2.23 bits per heavy atom. The first-order valence-electron chi connectivity index (χ1n) is 3.40. The van der Waals surface area contributed by atoms with E-state index in [1.165, 1.54) is 12.1 Å². The molecule has 0 aliphatic carbocycles. The van der Waals surface area contributed by atoms with Crippen LogP contribution in [0.1, 0.15) is 5.56 Å². The second kappa shape index (κ2) is 4.22. The summed E-state index contributed by atoms with van der Waals surface area (Å²) >= 11 is 1.95. The standard InChI is InChI=1S/C8H6INO3/c9-7-5-6(1-2-8(7)11)3-4-10(12)13/h1-5,11H/b4-3-. The molecule has 13 heavy (non-hydrogen) atoms. The number of hydrogen-bond donors (Lipinski definition) is 1. The Balaban J connectivity index is 2.92. The van der Waals surface area contributed by atoms with Crippen molar-refractivity contribution in [3.63, 3.8) is 0 Å². The maximum Gasteiger partial charge on any atom is 0.235 e. The van der Waals surface area contributed by atoms with Gasteiger partial charge in [-0.25, -0.2) is 0 Å². The average molecular weight is 291 g/mol. The van der Waals surface area contributed by atoms with E-state index >= 15 is 0 Å². The molecule has 0 saturated heterocycles. The highest BCUT2D eigenvalue weighted by Crippen LogP contribution is 2.20. The lowest BCUT2D eigenvalue weighted by Gasteiger charge is -1.96. The Morgan fingerprint density at radius 3 is 2.77 bits per heavy atom. The predicted octanol–water partition coefficient (Wildman–Crippen LogP) is 2.24. The lowest BCUT2D eigenvalue weighted by atomic mass is 10.2. The fourth-order valence-electron chi connectivity index (χ4n) is 0.774. The van der Waals surface area contributed by atoms with Gasteiger partial charge in [0.2, 0.25) is 6.20 Å². The summed E-state index contributed by atoms with van der Waals surface area (Å²) in [6.07, 6.45) is 2.24. The van der Waals surface area contributed by atoms with E-state index in [-0.39, 0.29) is 5.75 Å². The highest BCUT2D eigenvalue weighted by Gasteiger charge is 1.97. The summed E-state index contributed by atoms with van der Waals surface area (Å²) in [5.74, 6) is 0.179. The molecular weight excluding hydrogens is 285 g/mol. The van der Waals surface area contributed by atoms with E-state index in [0.717, 1.165) is 6.20 Å². The van der Waals surface area contributed by atoms with Gasteiger partial charge in [-0.05, 0) is 40.3 Å². The third-order valence-electron chi connectivity index (χ3n) is 1.36. The maximum absolute atomic E-state index is 9.99. The topological polar surface area (TPSA) is 63.4 Å². The van der Waals surface area contributed by atoms with E-state index in [4.69, 9.17) is 5.11 Å². The minimum atomic E-state index is -0.528. The summed E-state index contributed by atoms with van der Waals surface area (Å²) in [6, 6.07) is 4.77. The Labute approximate surface area is 88.2 Å². The molecule has 0 amide bonds. The molecule has 5 heteroatoms. The van der Waals surface area contributed by atoms with Crippen molar-refractivity contribution in [3.05, 3.63) is 43.6 Å². The molecule has 1 aromatic rings. The van der Waals surface area contributed by atoms with Crippen LogP contribution >= 0.6 is 22.6 Å². The van der Waals surface area contributed by atoms with Crippen molar-refractivity contribution in [1.82, 2.24) is 0 Å². The van der Waals surface area contributed by atoms with Gasteiger partial charge in [0.1, 0.15) is 5.75 Å². The largest absolute Gasteiger partial charge is 0.507 e. The lowest BCUT2D eigenvalue weighted by molar-refractivity contribution is -0.400. The summed E-state index contributed by atoms with van der Waals surface area (Å²) in [5, 5.41) is 19.1. The maximum atomic E-state index is 9.99. The molecule has 0 aromatic heterocycles. The Kier molecular flexibility index (Phi) is 3.24. The Bertz CT molecular complexity index is 362. The first kappa shape index (κ1) is 9.97. The highest BCUT2D eigenvalue weighted by atomic mass is 127. The van der Waals surface area contributed by atoms with Gasteiger partial charge in [-0.1, -0.05) is 6.07 Å². The molecule has 0 radical (unpaired) electrons. The molecule has 1 N–H and O–H groups in total. The van der Waals surface area contributed by atoms with E-state index in [1.807, 2.05) is 22.6 Å². The minimum absolute atomic E-state index is 0.179. The third kappa shape index (κ3) is 3.02. The zero-order valence-electron chi connectivity index (χ0n) is 6.48. The first-order chi connectivity index (χ1) is 6.09. The molecule has 0 unspecified atom stereocenters. The third-order valence-corrected chi connectivity index (χ3v) is 2.22. The fraction of sp³-hybridized carbons (Fsp3) is 0.